The number of carbonyl (C=O) groups excluding carboxylic acids is 1. The second kappa shape index (κ2) is 9.26. The Morgan fingerprint density at radius 3 is 2.52 bits per heavy atom. The summed E-state index contributed by atoms with van der Waals surface area (Å²) >= 11 is 3.53. The van der Waals surface area contributed by atoms with Crippen LogP contribution in [0.3, 0.4) is 0 Å². The summed E-state index contributed by atoms with van der Waals surface area (Å²) in [6, 6.07) is 7.74. The average Bonchev–Trinajstić information content (AvgIpc) is 3.24. The highest BCUT2D eigenvalue weighted by Crippen LogP contribution is 2.19. The van der Waals surface area contributed by atoms with Crippen molar-refractivity contribution < 1.29 is 9.53 Å². The zero-order valence-electron chi connectivity index (χ0n) is 17.2. The molecule has 0 fully saturated rings. The number of aryl methyl sites for hydroxylation is 4. The maximum Gasteiger partial charge on any atom is 0.271 e. The third kappa shape index (κ3) is 5.47. The maximum absolute atomic E-state index is 12.3. The van der Waals surface area contributed by atoms with Gasteiger partial charge in [-0.1, -0.05) is 6.07 Å². The highest BCUT2D eigenvalue weighted by Gasteiger charge is 2.11. The van der Waals surface area contributed by atoms with Gasteiger partial charge in [0.25, 0.3) is 5.91 Å². The lowest BCUT2D eigenvalue weighted by Crippen LogP contribution is -2.26. The first-order chi connectivity index (χ1) is 13.8. The summed E-state index contributed by atoms with van der Waals surface area (Å²) in [5.41, 5.74) is 4.74. The van der Waals surface area contributed by atoms with Crippen LogP contribution < -0.4 is 10.1 Å². The van der Waals surface area contributed by atoms with Crippen molar-refractivity contribution in [2.45, 2.75) is 47.4 Å². The molecule has 7 nitrogen and oxygen atoms in total. The Hall–Kier alpha value is -2.61. The van der Waals surface area contributed by atoms with Crippen molar-refractivity contribution in [3.8, 4) is 5.75 Å². The highest BCUT2D eigenvalue weighted by molar-refractivity contribution is 9.10. The van der Waals surface area contributed by atoms with E-state index in [1.54, 1.807) is 16.9 Å². The minimum Gasteiger partial charge on any atom is -0.471 e. The number of amides is 1. The number of carbonyl (C=O) groups is 1. The van der Waals surface area contributed by atoms with Gasteiger partial charge in [-0.25, -0.2) is 4.68 Å². The van der Waals surface area contributed by atoms with E-state index in [1.807, 2.05) is 44.5 Å². The summed E-state index contributed by atoms with van der Waals surface area (Å²) in [4.78, 5) is 12.3. The van der Waals surface area contributed by atoms with Crippen LogP contribution in [-0.4, -0.2) is 32.0 Å². The number of rotatable bonds is 8. The van der Waals surface area contributed by atoms with E-state index >= 15 is 0 Å². The second-order valence-electron chi connectivity index (χ2n) is 7.15. The molecule has 0 aliphatic carbocycles. The van der Waals surface area contributed by atoms with Crippen LogP contribution >= 0.6 is 15.9 Å². The zero-order chi connectivity index (χ0) is 21.0. The van der Waals surface area contributed by atoms with Gasteiger partial charge in [-0.2, -0.15) is 10.2 Å². The summed E-state index contributed by atoms with van der Waals surface area (Å²) in [5.74, 6) is 0.601. The first kappa shape index (κ1) is 21.1. The lowest BCUT2D eigenvalue weighted by atomic mass is 10.1. The minimum absolute atomic E-state index is 0.190. The van der Waals surface area contributed by atoms with Gasteiger partial charge in [-0.05, 0) is 79.4 Å². The van der Waals surface area contributed by atoms with Crippen molar-refractivity contribution in [3.63, 3.8) is 0 Å². The Morgan fingerprint density at radius 1 is 1.14 bits per heavy atom. The van der Waals surface area contributed by atoms with Gasteiger partial charge in [0.2, 0.25) is 0 Å². The number of hydrogen-bond acceptors (Lipinski definition) is 4. The number of nitrogens with one attached hydrogen (secondary N) is 1. The standard InChI is InChI=1S/C21H26BrN5O2/c1-14-10-15(2)12-18(11-14)29-13-26-9-6-19(25-26)21(28)23-7-5-8-27-17(4)20(22)16(3)24-27/h6,9-12H,5,7-8,13H2,1-4H3,(H,23,28). The van der Waals surface area contributed by atoms with Crippen LogP contribution in [-0.2, 0) is 13.3 Å². The molecule has 0 saturated carbocycles. The van der Waals surface area contributed by atoms with Gasteiger partial charge in [-0.15, -0.1) is 0 Å². The zero-order valence-corrected chi connectivity index (χ0v) is 18.8. The van der Waals surface area contributed by atoms with Crippen molar-refractivity contribution >= 4 is 21.8 Å². The van der Waals surface area contributed by atoms with Crippen molar-refractivity contribution in [2.75, 3.05) is 6.54 Å². The molecule has 0 saturated heterocycles. The third-order valence-corrected chi connectivity index (χ3v) is 5.71. The molecule has 0 atom stereocenters. The van der Waals surface area contributed by atoms with Gasteiger partial charge in [0.1, 0.15) is 11.4 Å². The Kier molecular flexibility index (Phi) is 6.74. The van der Waals surface area contributed by atoms with E-state index in [1.165, 1.54) is 0 Å². The lowest BCUT2D eigenvalue weighted by molar-refractivity contribution is 0.0945. The van der Waals surface area contributed by atoms with E-state index in [9.17, 15) is 4.79 Å². The van der Waals surface area contributed by atoms with Crippen molar-refractivity contribution in [1.29, 1.82) is 0 Å². The average molecular weight is 460 g/mol. The van der Waals surface area contributed by atoms with Crippen LogP contribution in [0.15, 0.2) is 34.9 Å². The molecule has 29 heavy (non-hydrogen) atoms. The quantitative estimate of drug-likeness (QED) is 0.517. The van der Waals surface area contributed by atoms with Gasteiger partial charge in [0.05, 0.1) is 10.2 Å². The molecule has 0 bridgehead atoms. The second-order valence-corrected chi connectivity index (χ2v) is 7.95. The molecule has 0 unspecified atom stereocenters. The summed E-state index contributed by atoms with van der Waals surface area (Å²) in [6.45, 7) is 9.61. The van der Waals surface area contributed by atoms with Gasteiger partial charge in [0, 0.05) is 25.0 Å². The fraction of sp³-hybridized carbons (Fsp3) is 0.381. The molecule has 1 N–H and O–H groups in total. The summed E-state index contributed by atoms with van der Waals surface area (Å²) in [7, 11) is 0. The van der Waals surface area contributed by atoms with E-state index in [4.69, 9.17) is 4.74 Å². The Balaban J connectivity index is 1.45. The number of hydrogen-bond donors (Lipinski definition) is 1. The van der Waals surface area contributed by atoms with Gasteiger partial charge in [-0.3, -0.25) is 9.48 Å². The van der Waals surface area contributed by atoms with Gasteiger partial charge >= 0.3 is 0 Å². The number of aromatic nitrogens is 4. The summed E-state index contributed by atoms with van der Waals surface area (Å²) in [5, 5.41) is 11.7. The van der Waals surface area contributed by atoms with Crippen LogP contribution in [0.2, 0.25) is 0 Å². The minimum atomic E-state index is -0.190. The van der Waals surface area contributed by atoms with Crippen molar-refractivity contribution in [2.24, 2.45) is 0 Å². The summed E-state index contributed by atoms with van der Waals surface area (Å²) in [6.07, 6.45) is 2.53. The third-order valence-electron chi connectivity index (χ3n) is 4.56. The van der Waals surface area contributed by atoms with E-state index in [0.717, 1.165) is 45.7 Å². The number of halogens is 1. The smallest absolute Gasteiger partial charge is 0.271 e. The molecule has 2 aromatic heterocycles. The summed E-state index contributed by atoms with van der Waals surface area (Å²) < 4.78 is 10.4. The first-order valence-electron chi connectivity index (χ1n) is 9.55. The van der Waals surface area contributed by atoms with E-state index < -0.39 is 0 Å². The monoisotopic (exact) mass is 459 g/mol. The number of nitrogens with zero attached hydrogens (tertiary/aromatic N) is 4. The van der Waals surface area contributed by atoms with E-state index in [0.29, 0.717) is 12.2 Å². The Bertz CT molecular complexity index is 988. The van der Waals surface area contributed by atoms with Gasteiger partial charge < -0.3 is 10.1 Å². The molecule has 0 spiro atoms. The van der Waals surface area contributed by atoms with Crippen molar-refractivity contribution in [3.05, 3.63) is 63.1 Å². The highest BCUT2D eigenvalue weighted by atomic mass is 79.9. The molecule has 0 radical (unpaired) electrons. The molecule has 0 aliphatic heterocycles. The molecule has 1 amide bonds. The molecule has 3 rings (SSSR count). The maximum atomic E-state index is 12.3. The fourth-order valence-electron chi connectivity index (χ4n) is 3.13. The predicted octanol–water partition coefficient (Wildman–Crippen LogP) is 3.93. The number of benzene rings is 1. The molecule has 0 aliphatic rings. The SMILES string of the molecule is Cc1cc(C)cc(OCn2ccc(C(=O)NCCCn3nc(C)c(Br)c3C)n2)c1. The number of ether oxygens (including phenoxy) is 1. The Morgan fingerprint density at radius 2 is 1.86 bits per heavy atom. The van der Waals surface area contributed by atoms with Crippen LogP contribution in [0.5, 0.6) is 5.75 Å². The topological polar surface area (TPSA) is 74.0 Å². The predicted molar refractivity (Wildman–Crippen MR) is 115 cm³/mol. The lowest BCUT2D eigenvalue weighted by Gasteiger charge is -2.08. The Labute approximate surface area is 179 Å². The van der Waals surface area contributed by atoms with E-state index in [2.05, 4.69) is 37.5 Å². The van der Waals surface area contributed by atoms with Crippen LogP contribution in [0.25, 0.3) is 0 Å². The normalized spacial score (nSPS) is 10.9. The molecule has 8 heteroatoms. The van der Waals surface area contributed by atoms with Gasteiger partial charge in [0.15, 0.2) is 6.73 Å². The largest absolute Gasteiger partial charge is 0.471 e. The van der Waals surface area contributed by atoms with Crippen LogP contribution in [0, 0.1) is 27.7 Å². The van der Waals surface area contributed by atoms with Crippen LogP contribution in [0.1, 0.15) is 39.4 Å². The molecular weight excluding hydrogens is 434 g/mol. The molecule has 3 aromatic rings. The molecule has 2 heterocycles. The van der Waals surface area contributed by atoms with Crippen molar-refractivity contribution in [1.82, 2.24) is 24.9 Å². The first-order valence-corrected chi connectivity index (χ1v) is 10.3. The van der Waals surface area contributed by atoms with Crippen LogP contribution in [0.4, 0.5) is 0 Å². The molecule has 1 aromatic carbocycles. The van der Waals surface area contributed by atoms with E-state index in [-0.39, 0.29) is 12.6 Å². The molecular formula is C21H26BrN5O2. The fourth-order valence-corrected chi connectivity index (χ4v) is 3.41. The molecule has 154 valence electrons.